The first-order valence-electron chi connectivity index (χ1n) is 5.88. The summed E-state index contributed by atoms with van der Waals surface area (Å²) in [4.78, 5) is 11.4. The Morgan fingerprint density at radius 1 is 1.19 bits per heavy atom. The highest BCUT2D eigenvalue weighted by Crippen LogP contribution is 2.27. The van der Waals surface area contributed by atoms with Gasteiger partial charge in [-0.3, -0.25) is 9.52 Å². The first kappa shape index (κ1) is 16.0. The van der Waals surface area contributed by atoms with Gasteiger partial charge in [0.05, 0.1) is 15.6 Å². The Labute approximate surface area is 136 Å². The van der Waals surface area contributed by atoms with Gasteiger partial charge in [-0.1, -0.05) is 23.7 Å². The lowest BCUT2D eigenvalue weighted by atomic mass is 10.2. The number of Topliss-reactive ketones (excluding diaryl/α,β-unsaturated/α-hetero) is 1. The molecule has 0 fully saturated rings. The number of ketones is 1. The van der Waals surface area contributed by atoms with Gasteiger partial charge in [-0.05, 0) is 53.2 Å². The summed E-state index contributed by atoms with van der Waals surface area (Å²) in [5.41, 5.74) is 0.717. The van der Waals surface area contributed by atoms with Crippen molar-refractivity contribution in [2.75, 3.05) is 4.72 Å². The molecule has 2 aromatic carbocycles. The number of carbonyl (C=O) groups is 1. The van der Waals surface area contributed by atoms with Gasteiger partial charge in [0.25, 0.3) is 10.0 Å². The third-order valence-corrected chi connectivity index (χ3v) is 5.32. The Morgan fingerprint density at radius 3 is 2.52 bits per heavy atom. The average Bonchev–Trinajstić information content (AvgIpc) is 2.43. The van der Waals surface area contributed by atoms with E-state index >= 15 is 0 Å². The van der Waals surface area contributed by atoms with Crippen molar-refractivity contribution < 1.29 is 13.2 Å². The molecule has 0 unspecified atom stereocenters. The summed E-state index contributed by atoms with van der Waals surface area (Å²) in [6.45, 7) is 1.38. The molecule has 4 nitrogen and oxygen atoms in total. The van der Waals surface area contributed by atoms with Crippen molar-refractivity contribution in [3.8, 4) is 0 Å². The third-order valence-electron chi connectivity index (χ3n) is 2.72. The fraction of sp³-hybridized carbons (Fsp3) is 0.0714. The summed E-state index contributed by atoms with van der Waals surface area (Å²) >= 11 is 9.09. The van der Waals surface area contributed by atoms with E-state index in [1.807, 2.05) is 0 Å². The molecular formula is C14H11BrClNO3S. The minimum atomic E-state index is -3.77. The Kier molecular flexibility index (Phi) is 4.70. The van der Waals surface area contributed by atoms with Gasteiger partial charge in [0.2, 0.25) is 0 Å². The Balaban J connectivity index is 2.36. The standard InChI is InChI=1S/C14H11BrClNO3S/c1-9(18)10-3-2-4-12(7-10)21(19,20)17-11-5-6-14(16)13(15)8-11/h2-8,17H,1H3. The van der Waals surface area contributed by atoms with Gasteiger partial charge in [-0.15, -0.1) is 0 Å². The van der Waals surface area contributed by atoms with Gasteiger partial charge in [-0.2, -0.15) is 0 Å². The number of halogens is 2. The largest absolute Gasteiger partial charge is 0.295 e. The van der Waals surface area contributed by atoms with Crippen molar-refractivity contribution in [3.63, 3.8) is 0 Å². The van der Waals surface area contributed by atoms with Crippen LogP contribution in [0.3, 0.4) is 0 Å². The summed E-state index contributed by atoms with van der Waals surface area (Å²) in [6.07, 6.45) is 0. The number of sulfonamides is 1. The molecule has 0 aromatic heterocycles. The molecule has 2 rings (SSSR count). The zero-order valence-electron chi connectivity index (χ0n) is 10.9. The number of anilines is 1. The van der Waals surface area contributed by atoms with Gasteiger partial charge < -0.3 is 0 Å². The molecule has 0 saturated heterocycles. The van der Waals surface area contributed by atoms with E-state index in [-0.39, 0.29) is 10.7 Å². The molecule has 0 aliphatic heterocycles. The average molecular weight is 389 g/mol. The van der Waals surface area contributed by atoms with Gasteiger partial charge in [0.1, 0.15) is 0 Å². The highest BCUT2D eigenvalue weighted by molar-refractivity contribution is 9.10. The molecule has 0 aliphatic carbocycles. The quantitative estimate of drug-likeness (QED) is 0.802. The van der Waals surface area contributed by atoms with Crippen LogP contribution in [-0.2, 0) is 10.0 Å². The molecule has 0 atom stereocenters. The fourth-order valence-electron chi connectivity index (χ4n) is 1.66. The molecule has 0 spiro atoms. The SMILES string of the molecule is CC(=O)c1cccc(S(=O)(=O)Nc2ccc(Cl)c(Br)c2)c1. The summed E-state index contributed by atoms with van der Waals surface area (Å²) in [5, 5.41) is 0.483. The van der Waals surface area contributed by atoms with Gasteiger partial charge in [0, 0.05) is 10.0 Å². The van der Waals surface area contributed by atoms with Gasteiger partial charge in [-0.25, -0.2) is 8.42 Å². The van der Waals surface area contributed by atoms with Crippen molar-refractivity contribution in [2.45, 2.75) is 11.8 Å². The Morgan fingerprint density at radius 2 is 1.90 bits per heavy atom. The Bertz CT molecular complexity index is 806. The van der Waals surface area contributed by atoms with Crippen LogP contribution < -0.4 is 4.72 Å². The summed E-state index contributed by atoms with van der Waals surface area (Å²) in [6, 6.07) is 10.6. The molecule has 0 aliphatic rings. The monoisotopic (exact) mass is 387 g/mol. The number of hydrogen-bond donors (Lipinski definition) is 1. The minimum absolute atomic E-state index is 0.0290. The van der Waals surface area contributed by atoms with E-state index in [0.717, 1.165) is 0 Å². The molecule has 0 heterocycles. The lowest BCUT2D eigenvalue weighted by Gasteiger charge is -2.09. The molecule has 0 radical (unpaired) electrons. The van der Waals surface area contributed by atoms with Gasteiger partial charge >= 0.3 is 0 Å². The lowest BCUT2D eigenvalue weighted by Crippen LogP contribution is -2.13. The summed E-state index contributed by atoms with van der Waals surface area (Å²) in [7, 11) is -3.77. The number of benzene rings is 2. The molecule has 0 saturated carbocycles. The van der Waals surface area contributed by atoms with Crippen molar-refractivity contribution in [1.29, 1.82) is 0 Å². The van der Waals surface area contributed by atoms with E-state index in [4.69, 9.17) is 11.6 Å². The maximum atomic E-state index is 12.3. The molecule has 21 heavy (non-hydrogen) atoms. The number of hydrogen-bond acceptors (Lipinski definition) is 3. The van der Waals surface area contributed by atoms with Crippen molar-refractivity contribution in [3.05, 3.63) is 57.5 Å². The van der Waals surface area contributed by atoms with Crippen LogP contribution in [0.2, 0.25) is 5.02 Å². The highest BCUT2D eigenvalue weighted by atomic mass is 79.9. The van der Waals surface area contributed by atoms with Crippen LogP contribution >= 0.6 is 27.5 Å². The maximum Gasteiger partial charge on any atom is 0.261 e. The Hall–Kier alpha value is -1.37. The predicted molar refractivity (Wildman–Crippen MR) is 86.4 cm³/mol. The maximum absolute atomic E-state index is 12.3. The van der Waals surface area contributed by atoms with E-state index in [2.05, 4.69) is 20.7 Å². The molecular weight excluding hydrogens is 378 g/mol. The molecule has 2 aromatic rings. The van der Waals surface area contributed by atoms with E-state index in [1.54, 1.807) is 24.3 Å². The number of nitrogens with one attached hydrogen (secondary N) is 1. The fourth-order valence-corrected chi connectivity index (χ4v) is 3.25. The van der Waals surface area contributed by atoms with Crippen LogP contribution in [-0.4, -0.2) is 14.2 Å². The minimum Gasteiger partial charge on any atom is -0.295 e. The van der Waals surface area contributed by atoms with Crippen molar-refractivity contribution >= 4 is 49.0 Å². The number of carbonyl (C=O) groups excluding carboxylic acids is 1. The van der Waals surface area contributed by atoms with E-state index in [0.29, 0.717) is 20.7 Å². The second-order valence-corrected chi connectivity index (χ2v) is 7.26. The summed E-state index contributed by atoms with van der Waals surface area (Å²) < 4.78 is 27.6. The second-order valence-electron chi connectivity index (χ2n) is 4.32. The van der Waals surface area contributed by atoms with Crippen molar-refractivity contribution in [2.24, 2.45) is 0 Å². The molecule has 1 N–H and O–H groups in total. The van der Waals surface area contributed by atoms with Crippen LogP contribution in [0.5, 0.6) is 0 Å². The first-order chi connectivity index (χ1) is 9.79. The van der Waals surface area contributed by atoms with E-state index in [9.17, 15) is 13.2 Å². The van der Waals surface area contributed by atoms with E-state index in [1.165, 1.54) is 25.1 Å². The summed E-state index contributed by atoms with van der Waals surface area (Å²) in [5.74, 6) is -0.193. The van der Waals surface area contributed by atoms with Crippen LogP contribution in [0.25, 0.3) is 0 Å². The zero-order chi connectivity index (χ0) is 15.6. The molecule has 7 heteroatoms. The van der Waals surface area contributed by atoms with Gasteiger partial charge in [0.15, 0.2) is 5.78 Å². The van der Waals surface area contributed by atoms with Crippen LogP contribution in [0.1, 0.15) is 17.3 Å². The normalized spacial score (nSPS) is 11.2. The smallest absolute Gasteiger partial charge is 0.261 e. The van der Waals surface area contributed by atoms with Crippen LogP contribution in [0.4, 0.5) is 5.69 Å². The lowest BCUT2D eigenvalue weighted by molar-refractivity contribution is 0.101. The first-order valence-corrected chi connectivity index (χ1v) is 8.54. The van der Waals surface area contributed by atoms with E-state index < -0.39 is 10.0 Å². The topological polar surface area (TPSA) is 63.2 Å². The molecule has 0 bridgehead atoms. The molecule has 0 amide bonds. The zero-order valence-corrected chi connectivity index (χ0v) is 14.1. The molecule has 110 valence electrons. The van der Waals surface area contributed by atoms with Crippen molar-refractivity contribution in [1.82, 2.24) is 0 Å². The van der Waals surface area contributed by atoms with Crippen LogP contribution in [0, 0.1) is 0 Å². The van der Waals surface area contributed by atoms with Crippen LogP contribution in [0.15, 0.2) is 51.8 Å². The highest BCUT2D eigenvalue weighted by Gasteiger charge is 2.16. The second kappa shape index (κ2) is 6.17. The number of rotatable bonds is 4. The predicted octanol–water partition coefficient (Wildman–Crippen LogP) is 4.11. The third kappa shape index (κ3) is 3.84.